The number of pyridine rings is 1. The summed E-state index contributed by atoms with van der Waals surface area (Å²) in [4.78, 5) is 30.2. The number of amides is 2. The van der Waals surface area contributed by atoms with E-state index < -0.39 is 8.07 Å². The van der Waals surface area contributed by atoms with Gasteiger partial charge < -0.3 is 10.2 Å². The summed E-state index contributed by atoms with van der Waals surface area (Å²) in [6.07, 6.45) is 10.2. The molecule has 0 bridgehead atoms. The Kier molecular flexibility index (Phi) is 8.39. The summed E-state index contributed by atoms with van der Waals surface area (Å²) < 4.78 is 0. The first-order chi connectivity index (χ1) is 15.5. The van der Waals surface area contributed by atoms with Gasteiger partial charge in [0.15, 0.2) is 12.4 Å². The lowest BCUT2D eigenvalue weighted by Crippen LogP contribution is -2.55. The number of fused-ring (bicyclic) bond motifs is 1. The molecule has 1 unspecified atom stereocenters. The van der Waals surface area contributed by atoms with Crippen molar-refractivity contribution >= 4 is 36.8 Å². The largest absolute Gasteiger partial charge is 0.353 e. The fraction of sp³-hybridized carbons (Fsp3) is 0.423. The van der Waals surface area contributed by atoms with Gasteiger partial charge in [-0.1, -0.05) is 50.6 Å². The first-order valence-corrected chi connectivity index (χ1v) is 14.4. The van der Waals surface area contributed by atoms with E-state index in [0.29, 0.717) is 18.6 Å². The predicted molar refractivity (Wildman–Crippen MR) is 133 cm³/mol. The van der Waals surface area contributed by atoms with E-state index in [1.54, 1.807) is 12.2 Å². The molecule has 0 spiro atoms. The van der Waals surface area contributed by atoms with Gasteiger partial charge in [0.1, 0.15) is 8.07 Å². The number of H-pyrrole nitrogens is 1. The number of hydrogen-bond donors (Lipinski definition) is 1. The van der Waals surface area contributed by atoms with E-state index in [-0.39, 0.29) is 11.8 Å². The van der Waals surface area contributed by atoms with Gasteiger partial charge in [-0.2, -0.15) is 0 Å². The van der Waals surface area contributed by atoms with Crippen molar-refractivity contribution in [2.24, 2.45) is 0 Å². The SMILES string of the molecule is CC[Si]1(CC)c2ccccc2N(C(=O)CCCCCNC(=O)/C=C/c2ccc[nH+]c2)C1C. The number of para-hydroxylation sites is 1. The molecule has 6 heteroatoms. The first-order valence-electron chi connectivity index (χ1n) is 11.9. The number of benzene rings is 1. The number of carbonyl (C=O) groups is 2. The Balaban J connectivity index is 1.43. The van der Waals surface area contributed by atoms with E-state index in [1.807, 2.05) is 24.5 Å². The van der Waals surface area contributed by atoms with E-state index >= 15 is 0 Å². The van der Waals surface area contributed by atoms with E-state index in [0.717, 1.165) is 30.5 Å². The number of carbonyl (C=O) groups excluding carboxylic acids is 2. The van der Waals surface area contributed by atoms with Gasteiger partial charge in [-0.25, -0.2) is 4.98 Å². The second-order valence-corrected chi connectivity index (χ2v) is 13.7. The van der Waals surface area contributed by atoms with Crippen molar-refractivity contribution in [2.75, 3.05) is 11.4 Å². The van der Waals surface area contributed by atoms with E-state index in [9.17, 15) is 9.59 Å². The third-order valence-corrected chi connectivity index (χ3v) is 12.8. The minimum Gasteiger partial charge on any atom is -0.353 e. The van der Waals surface area contributed by atoms with Crippen LogP contribution in [-0.2, 0) is 9.59 Å². The minimum atomic E-state index is -1.69. The van der Waals surface area contributed by atoms with Crippen molar-refractivity contribution in [3.05, 3.63) is 60.4 Å². The molecule has 170 valence electrons. The van der Waals surface area contributed by atoms with Crippen molar-refractivity contribution < 1.29 is 14.6 Å². The summed E-state index contributed by atoms with van der Waals surface area (Å²) in [5, 5.41) is 4.37. The fourth-order valence-electron chi connectivity index (χ4n) is 5.01. The Morgan fingerprint density at radius 2 is 1.88 bits per heavy atom. The van der Waals surface area contributed by atoms with E-state index in [4.69, 9.17) is 0 Å². The molecule has 2 aromatic rings. The molecule has 1 atom stereocenters. The Hall–Kier alpha value is -2.73. The Labute approximate surface area is 193 Å². The zero-order chi connectivity index (χ0) is 23.0. The average molecular weight is 451 g/mol. The molecule has 2 amide bonds. The van der Waals surface area contributed by atoms with Gasteiger partial charge in [0.2, 0.25) is 11.8 Å². The molecule has 2 heterocycles. The normalized spacial score (nSPS) is 16.8. The van der Waals surface area contributed by atoms with E-state index in [1.165, 1.54) is 17.3 Å². The highest BCUT2D eigenvalue weighted by Crippen LogP contribution is 2.36. The lowest BCUT2D eigenvalue weighted by atomic mass is 10.1. The minimum absolute atomic E-state index is 0.0899. The third-order valence-electron chi connectivity index (χ3n) is 6.94. The van der Waals surface area contributed by atoms with Crippen LogP contribution in [0.5, 0.6) is 0 Å². The number of rotatable bonds is 10. The van der Waals surface area contributed by atoms with Crippen LogP contribution in [0, 0.1) is 0 Å². The third kappa shape index (κ3) is 5.18. The first kappa shape index (κ1) is 23.9. The van der Waals surface area contributed by atoms with Crippen LogP contribution in [0.3, 0.4) is 0 Å². The molecule has 1 aromatic carbocycles. The average Bonchev–Trinajstić information content (AvgIpc) is 3.08. The number of anilines is 1. The molecule has 0 aliphatic carbocycles. The van der Waals surface area contributed by atoms with Gasteiger partial charge in [0.05, 0.1) is 0 Å². The number of aromatic nitrogens is 1. The lowest BCUT2D eigenvalue weighted by molar-refractivity contribution is -0.378. The Morgan fingerprint density at radius 3 is 2.59 bits per heavy atom. The maximum atomic E-state index is 13.2. The van der Waals surface area contributed by atoms with Gasteiger partial charge in [0.25, 0.3) is 0 Å². The monoisotopic (exact) mass is 450 g/mol. The zero-order valence-electron chi connectivity index (χ0n) is 19.6. The molecular weight excluding hydrogens is 414 g/mol. The molecule has 3 rings (SSSR count). The maximum Gasteiger partial charge on any atom is 0.244 e. The van der Waals surface area contributed by atoms with Crippen LogP contribution < -0.4 is 20.4 Å². The van der Waals surface area contributed by atoms with Crippen LogP contribution >= 0.6 is 0 Å². The van der Waals surface area contributed by atoms with Crippen LogP contribution in [0.25, 0.3) is 6.08 Å². The summed E-state index contributed by atoms with van der Waals surface area (Å²) in [6, 6.07) is 14.7. The Bertz CT molecular complexity index is 941. The van der Waals surface area contributed by atoms with Crippen LogP contribution in [0.15, 0.2) is 54.9 Å². The van der Waals surface area contributed by atoms with Crippen molar-refractivity contribution in [1.29, 1.82) is 0 Å². The molecular formula is C26H36N3O2Si+. The molecule has 2 N–H and O–H groups in total. The molecule has 5 nitrogen and oxygen atoms in total. The van der Waals surface area contributed by atoms with Crippen LogP contribution in [0.2, 0.25) is 12.1 Å². The predicted octanol–water partition coefficient (Wildman–Crippen LogP) is 3.86. The van der Waals surface area contributed by atoms with Crippen LogP contribution in [-0.4, -0.2) is 32.1 Å². The zero-order valence-corrected chi connectivity index (χ0v) is 20.6. The van der Waals surface area contributed by atoms with Gasteiger partial charge in [-0.15, -0.1) is 0 Å². The molecule has 1 aliphatic heterocycles. The second-order valence-electron chi connectivity index (χ2n) is 8.59. The summed E-state index contributed by atoms with van der Waals surface area (Å²) in [6.45, 7) is 7.47. The topological polar surface area (TPSA) is 63.6 Å². The lowest BCUT2D eigenvalue weighted by Gasteiger charge is -2.33. The summed E-state index contributed by atoms with van der Waals surface area (Å²) in [5.41, 5.74) is 2.42. The van der Waals surface area contributed by atoms with Crippen LogP contribution in [0.1, 0.15) is 52.0 Å². The number of nitrogens with zero attached hydrogens (tertiary/aromatic N) is 1. The molecule has 0 fully saturated rings. The smallest absolute Gasteiger partial charge is 0.244 e. The summed E-state index contributed by atoms with van der Waals surface area (Å²) >= 11 is 0. The van der Waals surface area contributed by atoms with E-state index in [2.05, 4.69) is 60.2 Å². The summed E-state index contributed by atoms with van der Waals surface area (Å²) in [7, 11) is -1.69. The fourth-order valence-corrected chi connectivity index (χ4v) is 9.82. The van der Waals surface area contributed by atoms with Crippen molar-refractivity contribution in [3.63, 3.8) is 0 Å². The van der Waals surface area contributed by atoms with Gasteiger partial charge >= 0.3 is 0 Å². The number of hydrogen-bond acceptors (Lipinski definition) is 2. The highest BCUT2D eigenvalue weighted by atomic mass is 28.3. The molecule has 1 aliphatic rings. The Morgan fingerprint density at radius 1 is 1.09 bits per heavy atom. The standard InChI is InChI=1S/C26H35N3O2Si/c1-4-32(5-2)21(3)29(23-13-8-9-14-24(23)32)26(31)15-7-6-10-19-28-25(30)17-16-22-12-11-18-27-20-22/h8-9,11-14,16-18,20-21H,4-7,10,15,19H2,1-3H3,(H,28,30)/p+1/b17-16+. The highest BCUT2D eigenvalue weighted by molar-refractivity contribution is 6.96. The van der Waals surface area contributed by atoms with Crippen molar-refractivity contribution in [1.82, 2.24) is 5.32 Å². The number of aromatic amines is 1. The number of unbranched alkanes of at least 4 members (excludes halogenated alkanes) is 2. The second kappa shape index (κ2) is 11.2. The molecule has 32 heavy (non-hydrogen) atoms. The van der Waals surface area contributed by atoms with Crippen LogP contribution in [0.4, 0.5) is 5.69 Å². The summed E-state index contributed by atoms with van der Waals surface area (Å²) in [5.74, 6) is 0.153. The quantitative estimate of drug-likeness (QED) is 0.339. The van der Waals surface area contributed by atoms with Gasteiger partial charge in [-0.05, 0) is 43.2 Å². The van der Waals surface area contributed by atoms with Crippen molar-refractivity contribution in [3.8, 4) is 0 Å². The highest BCUT2D eigenvalue weighted by Gasteiger charge is 2.49. The van der Waals surface area contributed by atoms with Crippen molar-refractivity contribution in [2.45, 2.75) is 64.2 Å². The number of nitrogens with one attached hydrogen (secondary N) is 2. The maximum absolute atomic E-state index is 13.2. The van der Waals surface area contributed by atoms with Gasteiger partial charge in [0, 0.05) is 42.0 Å². The molecule has 0 saturated carbocycles. The molecule has 1 aromatic heterocycles. The molecule has 0 saturated heterocycles. The van der Waals surface area contributed by atoms with Gasteiger partial charge in [-0.3, -0.25) is 9.59 Å². The molecule has 0 radical (unpaired) electrons.